The van der Waals surface area contributed by atoms with Gasteiger partial charge in [-0.2, -0.15) is 0 Å². The summed E-state index contributed by atoms with van der Waals surface area (Å²) in [5.74, 6) is 0.691. The summed E-state index contributed by atoms with van der Waals surface area (Å²) in [5.41, 5.74) is 1.92. The van der Waals surface area contributed by atoms with Crippen molar-refractivity contribution in [1.29, 1.82) is 0 Å². The Kier molecular flexibility index (Phi) is 6.94. The lowest BCUT2D eigenvalue weighted by molar-refractivity contribution is -0.119. The number of carbonyl (C=O) groups excluding carboxylic acids is 1. The average Bonchev–Trinajstić information content (AvgIpc) is 2.60. The Morgan fingerprint density at radius 3 is 2.65 bits per heavy atom. The molecule has 0 bridgehead atoms. The van der Waals surface area contributed by atoms with Crippen molar-refractivity contribution < 1.29 is 14.3 Å². The van der Waals surface area contributed by atoms with Crippen molar-refractivity contribution in [2.75, 3.05) is 32.2 Å². The first-order chi connectivity index (χ1) is 11.3. The molecular weight excluding hydrogens is 292 g/mol. The molecular formula is C18H22N2O3. The molecule has 2 N–H and O–H groups in total. The Labute approximate surface area is 136 Å². The molecule has 2 rings (SSSR count). The van der Waals surface area contributed by atoms with Crippen LogP contribution in [0.3, 0.4) is 0 Å². The molecule has 0 saturated carbocycles. The molecule has 0 aliphatic heterocycles. The average molecular weight is 314 g/mol. The molecule has 0 saturated heterocycles. The molecule has 0 aromatic heterocycles. The number of amides is 1. The number of carbonyl (C=O) groups is 1. The molecule has 2 aromatic rings. The quantitative estimate of drug-likeness (QED) is 0.698. The third-order valence-electron chi connectivity index (χ3n) is 3.18. The van der Waals surface area contributed by atoms with E-state index in [0.717, 1.165) is 17.0 Å². The van der Waals surface area contributed by atoms with Crippen molar-refractivity contribution in [2.45, 2.75) is 6.54 Å². The van der Waals surface area contributed by atoms with E-state index in [2.05, 4.69) is 10.6 Å². The van der Waals surface area contributed by atoms with Crippen molar-refractivity contribution in [3.8, 4) is 5.75 Å². The molecule has 23 heavy (non-hydrogen) atoms. The highest BCUT2D eigenvalue weighted by atomic mass is 16.5. The van der Waals surface area contributed by atoms with Crippen LogP contribution in [0.15, 0.2) is 54.6 Å². The van der Waals surface area contributed by atoms with Crippen LogP contribution in [-0.2, 0) is 16.1 Å². The monoisotopic (exact) mass is 314 g/mol. The van der Waals surface area contributed by atoms with Crippen molar-refractivity contribution in [3.05, 3.63) is 60.2 Å². The standard InChI is InChI=1S/C18H22N2O3/c1-22-10-11-23-17-9-5-8-16(12-17)19-14-18(21)20-13-15-6-3-2-4-7-15/h2-9,12,19H,10-11,13-14H2,1H3,(H,20,21). The first-order valence-electron chi connectivity index (χ1n) is 7.54. The number of nitrogens with one attached hydrogen (secondary N) is 2. The van der Waals surface area contributed by atoms with E-state index in [4.69, 9.17) is 9.47 Å². The van der Waals surface area contributed by atoms with Gasteiger partial charge in [-0.15, -0.1) is 0 Å². The Balaban J connectivity index is 1.74. The highest BCUT2D eigenvalue weighted by Crippen LogP contribution is 2.16. The zero-order valence-electron chi connectivity index (χ0n) is 13.2. The third kappa shape index (κ3) is 6.40. The molecule has 5 heteroatoms. The maximum Gasteiger partial charge on any atom is 0.239 e. The number of ether oxygens (including phenoxy) is 2. The Hall–Kier alpha value is -2.53. The molecule has 1 amide bonds. The second-order valence-corrected chi connectivity index (χ2v) is 4.98. The minimum absolute atomic E-state index is 0.0560. The van der Waals surface area contributed by atoms with Crippen LogP contribution in [0, 0.1) is 0 Å². The van der Waals surface area contributed by atoms with Crippen molar-refractivity contribution >= 4 is 11.6 Å². The number of rotatable bonds is 9. The smallest absolute Gasteiger partial charge is 0.239 e. The predicted octanol–water partition coefficient (Wildman–Crippen LogP) is 2.44. The van der Waals surface area contributed by atoms with Crippen LogP contribution in [0.4, 0.5) is 5.69 Å². The fraction of sp³-hybridized carbons (Fsp3) is 0.278. The Bertz CT molecular complexity index is 602. The van der Waals surface area contributed by atoms with Gasteiger partial charge in [-0.25, -0.2) is 0 Å². The molecule has 0 unspecified atom stereocenters. The highest BCUT2D eigenvalue weighted by Gasteiger charge is 2.02. The first-order valence-corrected chi connectivity index (χ1v) is 7.54. The van der Waals surface area contributed by atoms with Crippen LogP contribution in [0.2, 0.25) is 0 Å². The van der Waals surface area contributed by atoms with Gasteiger partial charge < -0.3 is 20.1 Å². The van der Waals surface area contributed by atoms with Crippen molar-refractivity contribution in [1.82, 2.24) is 5.32 Å². The van der Waals surface area contributed by atoms with Crippen molar-refractivity contribution in [3.63, 3.8) is 0 Å². The summed E-state index contributed by atoms with van der Waals surface area (Å²) >= 11 is 0. The molecule has 0 atom stereocenters. The summed E-state index contributed by atoms with van der Waals surface area (Å²) in [6, 6.07) is 17.3. The summed E-state index contributed by atoms with van der Waals surface area (Å²) in [5, 5.41) is 5.96. The largest absolute Gasteiger partial charge is 0.491 e. The molecule has 0 aliphatic rings. The Morgan fingerprint density at radius 2 is 1.87 bits per heavy atom. The molecule has 0 radical (unpaired) electrons. The number of hydrogen-bond donors (Lipinski definition) is 2. The van der Waals surface area contributed by atoms with Crippen LogP contribution >= 0.6 is 0 Å². The minimum Gasteiger partial charge on any atom is -0.491 e. The predicted molar refractivity (Wildman–Crippen MR) is 90.6 cm³/mol. The van der Waals surface area contributed by atoms with Gasteiger partial charge in [0.25, 0.3) is 0 Å². The summed E-state index contributed by atoms with van der Waals surface area (Å²) < 4.78 is 10.5. The second kappa shape index (κ2) is 9.48. The lowest BCUT2D eigenvalue weighted by atomic mass is 10.2. The van der Waals surface area contributed by atoms with E-state index < -0.39 is 0 Å². The van der Waals surface area contributed by atoms with Gasteiger partial charge in [0.15, 0.2) is 0 Å². The third-order valence-corrected chi connectivity index (χ3v) is 3.18. The maximum atomic E-state index is 11.9. The number of anilines is 1. The fourth-order valence-electron chi connectivity index (χ4n) is 1.98. The zero-order chi connectivity index (χ0) is 16.3. The summed E-state index contributed by atoms with van der Waals surface area (Å²) in [6.07, 6.45) is 0. The lowest BCUT2D eigenvalue weighted by Gasteiger charge is -2.10. The summed E-state index contributed by atoms with van der Waals surface area (Å²) in [4.78, 5) is 11.9. The van der Waals surface area contributed by atoms with Crippen LogP contribution in [-0.4, -0.2) is 32.8 Å². The Morgan fingerprint density at radius 1 is 1.04 bits per heavy atom. The lowest BCUT2D eigenvalue weighted by Crippen LogP contribution is -2.29. The van der Waals surface area contributed by atoms with E-state index in [1.807, 2.05) is 54.6 Å². The molecule has 122 valence electrons. The number of hydrogen-bond acceptors (Lipinski definition) is 4. The van der Waals surface area contributed by atoms with E-state index in [-0.39, 0.29) is 12.5 Å². The summed E-state index contributed by atoms with van der Waals surface area (Å²) in [6.45, 7) is 1.78. The SMILES string of the molecule is COCCOc1cccc(NCC(=O)NCc2ccccc2)c1. The van der Waals surface area contributed by atoms with E-state index in [9.17, 15) is 4.79 Å². The van der Waals surface area contributed by atoms with Crippen LogP contribution in [0.1, 0.15) is 5.56 Å². The van der Waals surface area contributed by atoms with Gasteiger partial charge in [0, 0.05) is 25.4 Å². The normalized spacial score (nSPS) is 10.1. The van der Waals surface area contributed by atoms with Gasteiger partial charge in [-0.1, -0.05) is 36.4 Å². The van der Waals surface area contributed by atoms with Crippen molar-refractivity contribution in [2.24, 2.45) is 0 Å². The number of benzene rings is 2. The van der Waals surface area contributed by atoms with E-state index >= 15 is 0 Å². The highest BCUT2D eigenvalue weighted by molar-refractivity contribution is 5.80. The van der Waals surface area contributed by atoms with E-state index in [1.54, 1.807) is 7.11 Å². The fourth-order valence-corrected chi connectivity index (χ4v) is 1.98. The van der Waals surface area contributed by atoms with Gasteiger partial charge >= 0.3 is 0 Å². The molecule has 2 aromatic carbocycles. The van der Waals surface area contributed by atoms with Gasteiger partial charge in [0.1, 0.15) is 12.4 Å². The summed E-state index contributed by atoms with van der Waals surface area (Å²) in [7, 11) is 1.63. The number of methoxy groups -OCH3 is 1. The zero-order valence-corrected chi connectivity index (χ0v) is 13.2. The van der Waals surface area contributed by atoms with Crippen LogP contribution in [0.25, 0.3) is 0 Å². The van der Waals surface area contributed by atoms with E-state index in [0.29, 0.717) is 19.8 Å². The maximum absolute atomic E-state index is 11.9. The topological polar surface area (TPSA) is 59.6 Å². The molecule has 5 nitrogen and oxygen atoms in total. The first kappa shape index (κ1) is 16.8. The van der Waals surface area contributed by atoms with Gasteiger partial charge in [-0.05, 0) is 17.7 Å². The minimum atomic E-state index is -0.0560. The molecule has 0 heterocycles. The van der Waals surface area contributed by atoms with Crippen LogP contribution < -0.4 is 15.4 Å². The molecule has 0 fully saturated rings. The van der Waals surface area contributed by atoms with Gasteiger partial charge in [0.2, 0.25) is 5.91 Å². The van der Waals surface area contributed by atoms with Crippen LogP contribution in [0.5, 0.6) is 5.75 Å². The van der Waals surface area contributed by atoms with Gasteiger partial charge in [0.05, 0.1) is 13.2 Å². The molecule has 0 spiro atoms. The second-order valence-electron chi connectivity index (χ2n) is 4.98. The van der Waals surface area contributed by atoms with E-state index in [1.165, 1.54) is 0 Å². The van der Waals surface area contributed by atoms with Gasteiger partial charge in [-0.3, -0.25) is 4.79 Å². The molecule has 0 aliphatic carbocycles.